The molecule has 2 amide bonds. The second-order valence-corrected chi connectivity index (χ2v) is 9.87. The van der Waals surface area contributed by atoms with Crippen LogP contribution in [0.2, 0.25) is 0 Å². The first-order valence-electron chi connectivity index (χ1n) is 11.1. The zero-order valence-electron chi connectivity index (χ0n) is 19.0. The third-order valence-corrected chi connectivity index (χ3v) is 6.49. The first-order valence-corrected chi connectivity index (χ1v) is 12.7. The lowest BCUT2D eigenvalue weighted by Crippen LogP contribution is -2.47. The molecule has 178 valence electrons. The van der Waals surface area contributed by atoms with E-state index in [1.54, 1.807) is 17.8 Å². The van der Waals surface area contributed by atoms with Crippen molar-refractivity contribution in [3.05, 3.63) is 111 Å². The number of carbonyl (C=O) groups is 2. The first kappa shape index (κ1) is 24.9. The number of hydrogen-bond acceptors (Lipinski definition) is 3. The summed E-state index contributed by atoms with van der Waals surface area (Å²) in [6.07, 6.45) is 0.357. The number of hydrogen-bond donors (Lipinski definition) is 2. The van der Waals surface area contributed by atoms with E-state index in [1.807, 2.05) is 78.9 Å². The number of likely N-dealkylation sites (N-methyl/N-ethyl adjacent to an activating group) is 1. The van der Waals surface area contributed by atoms with Crippen molar-refractivity contribution in [3.8, 4) is 11.3 Å². The van der Waals surface area contributed by atoms with Crippen LogP contribution in [0.3, 0.4) is 0 Å². The summed E-state index contributed by atoms with van der Waals surface area (Å²) in [6.45, 7) is 0.424. The summed E-state index contributed by atoms with van der Waals surface area (Å²) in [5.74, 6) is -0.627. The molecule has 0 radical (unpaired) electrons. The van der Waals surface area contributed by atoms with Crippen molar-refractivity contribution in [2.45, 2.75) is 19.0 Å². The fraction of sp³-hybridized carbons (Fsp3) is 0.148. The fourth-order valence-corrected chi connectivity index (χ4v) is 4.63. The van der Waals surface area contributed by atoms with Gasteiger partial charge < -0.3 is 10.6 Å². The zero-order chi connectivity index (χ0) is 24.8. The van der Waals surface area contributed by atoms with Crippen LogP contribution in [0.5, 0.6) is 0 Å². The first-order chi connectivity index (χ1) is 16.9. The van der Waals surface area contributed by atoms with Crippen LogP contribution in [-0.4, -0.2) is 34.7 Å². The van der Waals surface area contributed by atoms with Gasteiger partial charge in [0, 0.05) is 28.0 Å². The van der Waals surface area contributed by atoms with E-state index in [0.717, 1.165) is 25.6 Å². The normalized spacial score (nSPS) is 11.6. The Morgan fingerprint density at radius 1 is 0.886 bits per heavy atom. The summed E-state index contributed by atoms with van der Waals surface area (Å²) in [5, 5.41) is 10.3. The number of benzene rings is 3. The molecule has 0 aliphatic rings. The van der Waals surface area contributed by atoms with Gasteiger partial charge in [-0.2, -0.15) is 5.10 Å². The average molecular weight is 596 g/mol. The van der Waals surface area contributed by atoms with Crippen molar-refractivity contribution < 1.29 is 9.59 Å². The van der Waals surface area contributed by atoms with Crippen molar-refractivity contribution in [2.24, 2.45) is 0 Å². The molecule has 3 aromatic carbocycles. The molecule has 35 heavy (non-hydrogen) atoms. The Bertz CT molecular complexity index is 1340. The quantitative estimate of drug-likeness (QED) is 0.294. The van der Waals surface area contributed by atoms with E-state index in [4.69, 9.17) is 5.10 Å². The van der Waals surface area contributed by atoms with E-state index in [-0.39, 0.29) is 11.8 Å². The monoisotopic (exact) mass is 594 g/mol. The second kappa shape index (κ2) is 11.5. The number of rotatable bonds is 8. The summed E-state index contributed by atoms with van der Waals surface area (Å²) in [5.41, 5.74) is 3.89. The SMILES string of the molecule is CNC(=O)[C@H](Cc1cccc(Br)c1)NC(=O)c1cc(-c2cccc(Br)c2)nn1Cc1ccccc1. The van der Waals surface area contributed by atoms with Crippen LogP contribution >= 0.6 is 31.9 Å². The molecule has 4 aromatic rings. The molecule has 0 saturated carbocycles. The van der Waals surface area contributed by atoms with Gasteiger partial charge >= 0.3 is 0 Å². The van der Waals surface area contributed by atoms with Crippen molar-refractivity contribution in [2.75, 3.05) is 7.05 Å². The number of nitrogens with one attached hydrogen (secondary N) is 2. The molecule has 2 N–H and O–H groups in total. The number of carbonyl (C=O) groups excluding carboxylic acids is 2. The molecule has 1 heterocycles. The lowest BCUT2D eigenvalue weighted by Gasteiger charge is -2.18. The van der Waals surface area contributed by atoms with E-state index in [1.165, 1.54) is 0 Å². The largest absolute Gasteiger partial charge is 0.357 e. The average Bonchev–Trinajstić information content (AvgIpc) is 3.27. The van der Waals surface area contributed by atoms with Crippen molar-refractivity contribution in [1.82, 2.24) is 20.4 Å². The number of amides is 2. The standard InChI is InChI=1S/C27H24Br2N4O2/c1-30-26(34)24(14-19-9-5-11-21(28)13-19)31-27(35)25-16-23(20-10-6-12-22(29)15-20)32-33(25)17-18-7-3-2-4-8-18/h2-13,15-16,24H,14,17H2,1H3,(H,30,34)(H,31,35)/t24-/m0/s1. The maximum Gasteiger partial charge on any atom is 0.270 e. The van der Waals surface area contributed by atoms with Gasteiger partial charge in [0.05, 0.1) is 12.2 Å². The molecule has 4 rings (SSSR count). The lowest BCUT2D eigenvalue weighted by molar-refractivity contribution is -0.122. The second-order valence-electron chi connectivity index (χ2n) is 8.04. The highest BCUT2D eigenvalue weighted by Gasteiger charge is 2.24. The van der Waals surface area contributed by atoms with Gasteiger partial charge in [-0.15, -0.1) is 0 Å². The lowest BCUT2D eigenvalue weighted by atomic mass is 10.0. The number of aromatic nitrogens is 2. The minimum Gasteiger partial charge on any atom is -0.357 e. The Labute approximate surface area is 221 Å². The summed E-state index contributed by atoms with van der Waals surface area (Å²) in [6, 6.07) is 26.3. The molecule has 0 fully saturated rings. The van der Waals surface area contributed by atoms with E-state index >= 15 is 0 Å². The molecular formula is C27H24Br2N4O2. The Hall–Kier alpha value is -3.23. The molecule has 1 aromatic heterocycles. The van der Waals surface area contributed by atoms with E-state index in [0.29, 0.717) is 24.4 Å². The van der Waals surface area contributed by atoms with Gasteiger partial charge in [-0.05, 0) is 41.5 Å². The summed E-state index contributed by atoms with van der Waals surface area (Å²) >= 11 is 6.96. The minimum atomic E-state index is -0.740. The molecule has 0 aliphatic carbocycles. The topological polar surface area (TPSA) is 76.0 Å². The predicted molar refractivity (Wildman–Crippen MR) is 144 cm³/mol. The molecule has 6 nitrogen and oxygen atoms in total. The predicted octanol–water partition coefficient (Wildman–Crippen LogP) is 5.21. The highest BCUT2D eigenvalue weighted by molar-refractivity contribution is 9.10. The number of halogens is 2. The Kier molecular flexibility index (Phi) is 8.15. The van der Waals surface area contributed by atoms with Crippen LogP contribution in [0.4, 0.5) is 0 Å². The van der Waals surface area contributed by atoms with E-state index < -0.39 is 6.04 Å². The van der Waals surface area contributed by atoms with Crippen LogP contribution < -0.4 is 10.6 Å². The molecule has 1 atom stereocenters. The molecule has 0 aliphatic heterocycles. The van der Waals surface area contributed by atoms with Gasteiger partial charge in [0.25, 0.3) is 5.91 Å². The third-order valence-electron chi connectivity index (χ3n) is 5.51. The zero-order valence-corrected chi connectivity index (χ0v) is 22.2. The van der Waals surface area contributed by atoms with Crippen molar-refractivity contribution in [1.29, 1.82) is 0 Å². The maximum absolute atomic E-state index is 13.5. The number of nitrogens with zero attached hydrogens (tertiary/aromatic N) is 2. The summed E-state index contributed by atoms with van der Waals surface area (Å²) < 4.78 is 3.52. The van der Waals surface area contributed by atoms with Gasteiger partial charge in [-0.1, -0.05) is 86.5 Å². The smallest absolute Gasteiger partial charge is 0.270 e. The summed E-state index contributed by atoms with van der Waals surface area (Å²) in [4.78, 5) is 26.1. The molecule has 0 spiro atoms. The molecule has 0 unspecified atom stereocenters. The molecular weight excluding hydrogens is 572 g/mol. The van der Waals surface area contributed by atoms with Crippen LogP contribution in [0.15, 0.2) is 93.9 Å². The van der Waals surface area contributed by atoms with Crippen LogP contribution in [0, 0.1) is 0 Å². The van der Waals surface area contributed by atoms with Crippen molar-refractivity contribution in [3.63, 3.8) is 0 Å². The van der Waals surface area contributed by atoms with Crippen LogP contribution in [0.1, 0.15) is 21.6 Å². The Balaban J connectivity index is 1.66. The minimum absolute atomic E-state index is 0.264. The van der Waals surface area contributed by atoms with Crippen LogP contribution in [-0.2, 0) is 17.8 Å². The molecule has 0 bridgehead atoms. The Morgan fingerprint density at radius 2 is 1.57 bits per heavy atom. The van der Waals surface area contributed by atoms with Crippen LogP contribution in [0.25, 0.3) is 11.3 Å². The Morgan fingerprint density at radius 3 is 2.26 bits per heavy atom. The van der Waals surface area contributed by atoms with Crippen molar-refractivity contribution >= 4 is 43.7 Å². The maximum atomic E-state index is 13.5. The van der Waals surface area contributed by atoms with Gasteiger partial charge in [-0.3, -0.25) is 14.3 Å². The van der Waals surface area contributed by atoms with E-state index in [2.05, 4.69) is 42.5 Å². The van der Waals surface area contributed by atoms with Gasteiger partial charge in [-0.25, -0.2) is 0 Å². The molecule has 0 saturated heterocycles. The fourth-order valence-electron chi connectivity index (χ4n) is 3.78. The van der Waals surface area contributed by atoms with Gasteiger partial charge in [0.2, 0.25) is 5.91 Å². The van der Waals surface area contributed by atoms with Gasteiger partial charge in [0.15, 0.2) is 0 Å². The summed E-state index contributed by atoms with van der Waals surface area (Å²) in [7, 11) is 1.56. The highest BCUT2D eigenvalue weighted by Crippen LogP contribution is 2.24. The van der Waals surface area contributed by atoms with E-state index in [9.17, 15) is 9.59 Å². The molecule has 8 heteroatoms. The van der Waals surface area contributed by atoms with Gasteiger partial charge in [0.1, 0.15) is 11.7 Å². The highest BCUT2D eigenvalue weighted by atomic mass is 79.9. The third kappa shape index (κ3) is 6.46.